The number of hydrogen-bond donors (Lipinski definition) is 2. The highest BCUT2D eigenvalue weighted by Crippen LogP contribution is 2.23. The fraction of sp³-hybridized carbons (Fsp3) is 0.867. The summed E-state index contributed by atoms with van der Waals surface area (Å²) in [6.45, 7) is 9.80. The Morgan fingerprint density at radius 3 is 2.36 bits per heavy atom. The van der Waals surface area contributed by atoms with Gasteiger partial charge in [0, 0.05) is 45.3 Å². The Bertz CT molecular complexity index is 416. The van der Waals surface area contributed by atoms with Crippen molar-refractivity contribution in [3.8, 4) is 0 Å². The van der Waals surface area contributed by atoms with Gasteiger partial charge in [-0.1, -0.05) is 0 Å². The Balaban J connectivity index is 2.05. The SMILES string of the molecule is CC(C)(C)OC(=O)N1C[C@H](C(=O)O)C[C@H](N2CCNCC2)C1. The maximum absolute atomic E-state index is 12.3. The molecule has 2 heterocycles. The molecule has 2 atom stereocenters. The van der Waals surface area contributed by atoms with Gasteiger partial charge in [-0.15, -0.1) is 0 Å². The number of carboxylic acids is 1. The molecule has 0 aromatic rings. The highest BCUT2D eigenvalue weighted by molar-refractivity contribution is 5.73. The van der Waals surface area contributed by atoms with Crippen LogP contribution in [0.1, 0.15) is 27.2 Å². The van der Waals surface area contributed by atoms with E-state index in [0.717, 1.165) is 26.2 Å². The number of piperazine rings is 1. The second kappa shape index (κ2) is 6.83. The van der Waals surface area contributed by atoms with E-state index in [-0.39, 0.29) is 12.6 Å². The number of likely N-dealkylation sites (tertiary alicyclic amines) is 1. The van der Waals surface area contributed by atoms with Crippen LogP contribution in [-0.4, -0.2) is 77.9 Å². The Hall–Kier alpha value is -1.34. The lowest BCUT2D eigenvalue weighted by molar-refractivity contribution is -0.144. The average molecular weight is 313 g/mol. The maximum atomic E-state index is 12.3. The number of carbonyl (C=O) groups is 2. The van der Waals surface area contributed by atoms with Crippen molar-refractivity contribution in [1.29, 1.82) is 0 Å². The van der Waals surface area contributed by atoms with Gasteiger partial charge in [-0.2, -0.15) is 0 Å². The van der Waals surface area contributed by atoms with Gasteiger partial charge in [0.15, 0.2) is 0 Å². The van der Waals surface area contributed by atoms with Crippen molar-refractivity contribution < 1.29 is 19.4 Å². The quantitative estimate of drug-likeness (QED) is 0.777. The second-order valence-corrected chi connectivity index (χ2v) is 7.10. The summed E-state index contributed by atoms with van der Waals surface area (Å²) >= 11 is 0. The van der Waals surface area contributed by atoms with Crippen molar-refractivity contribution in [2.24, 2.45) is 5.92 Å². The molecule has 0 aromatic heterocycles. The van der Waals surface area contributed by atoms with Crippen molar-refractivity contribution in [1.82, 2.24) is 15.1 Å². The second-order valence-electron chi connectivity index (χ2n) is 7.10. The number of carbonyl (C=O) groups excluding carboxylic acids is 1. The summed E-state index contributed by atoms with van der Waals surface area (Å²) in [6.07, 6.45) is 0.174. The molecule has 126 valence electrons. The Morgan fingerprint density at radius 1 is 1.18 bits per heavy atom. The van der Waals surface area contributed by atoms with Gasteiger partial charge in [0.1, 0.15) is 5.60 Å². The van der Waals surface area contributed by atoms with E-state index < -0.39 is 23.6 Å². The van der Waals surface area contributed by atoms with Crippen LogP contribution < -0.4 is 5.32 Å². The van der Waals surface area contributed by atoms with Crippen LogP contribution >= 0.6 is 0 Å². The topological polar surface area (TPSA) is 82.1 Å². The summed E-state index contributed by atoms with van der Waals surface area (Å²) in [6, 6.07) is 0.0875. The molecule has 0 aromatic carbocycles. The van der Waals surface area contributed by atoms with E-state index in [2.05, 4.69) is 10.2 Å². The van der Waals surface area contributed by atoms with Crippen LogP contribution in [-0.2, 0) is 9.53 Å². The molecule has 22 heavy (non-hydrogen) atoms. The molecule has 2 saturated heterocycles. The largest absolute Gasteiger partial charge is 0.481 e. The van der Waals surface area contributed by atoms with Crippen molar-refractivity contribution >= 4 is 12.1 Å². The molecule has 2 aliphatic heterocycles. The zero-order valence-electron chi connectivity index (χ0n) is 13.7. The normalized spacial score (nSPS) is 27.5. The van der Waals surface area contributed by atoms with Crippen LogP contribution in [0.4, 0.5) is 4.79 Å². The molecule has 0 unspecified atom stereocenters. The van der Waals surface area contributed by atoms with Gasteiger partial charge in [-0.25, -0.2) is 4.79 Å². The van der Waals surface area contributed by atoms with Crippen molar-refractivity contribution in [2.75, 3.05) is 39.3 Å². The Morgan fingerprint density at radius 2 is 1.82 bits per heavy atom. The fourth-order valence-corrected chi connectivity index (χ4v) is 3.04. The maximum Gasteiger partial charge on any atom is 0.410 e. The molecule has 1 amide bonds. The third-order valence-corrected chi connectivity index (χ3v) is 4.10. The minimum absolute atomic E-state index is 0.0875. The van der Waals surface area contributed by atoms with Gasteiger partial charge in [0.2, 0.25) is 0 Å². The minimum atomic E-state index is -0.839. The number of nitrogens with zero attached hydrogens (tertiary/aromatic N) is 2. The van der Waals surface area contributed by atoms with E-state index in [1.807, 2.05) is 20.8 Å². The number of aliphatic carboxylic acids is 1. The van der Waals surface area contributed by atoms with E-state index in [1.165, 1.54) is 0 Å². The summed E-state index contributed by atoms with van der Waals surface area (Å²) in [5, 5.41) is 12.7. The van der Waals surface area contributed by atoms with Crippen LogP contribution in [0.15, 0.2) is 0 Å². The number of rotatable bonds is 2. The van der Waals surface area contributed by atoms with E-state index >= 15 is 0 Å². The number of ether oxygens (including phenoxy) is 1. The first-order valence-corrected chi connectivity index (χ1v) is 7.92. The monoisotopic (exact) mass is 313 g/mol. The molecule has 0 radical (unpaired) electrons. The van der Waals surface area contributed by atoms with Crippen LogP contribution in [0, 0.1) is 5.92 Å². The molecule has 7 nitrogen and oxygen atoms in total. The van der Waals surface area contributed by atoms with Gasteiger partial charge in [-0.05, 0) is 27.2 Å². The molecule has 0 spiro atoms. The van der Waals surface area contributed by atoms with Gasteiger partial charge in [-0.3, -0.25) is 9.69 Å². The van der Waals surface area contributed by atoms with Gasteiger partial charge in [0.05, 0.1) is 5.92 Å². The molecule has 0 saturated carbocycles. The first kappa shape index (κ1) is 17.0. The third kappa shape index (κ3) is 4.58. The summed E-state index contributed by atoms with van der Waals surface area (Å²) in [5.74, 6) is -1.37. The molecular formula is C15H27N3O4. The average Bonchev–Trinajstić information content (AvgIpc) is 2.46. The van der Waals surface area contributed by atoms with E-state index in [9.17, 15) is 14.7 Å². The first-order valence-electron chi connectivity index (χ1n) is 7.92. The number of piperidine rings is 1. The summed E-state index contributed by atoms with van der Waals surface area (Å²) < 4.78 is 5.40. The zero-order chi connectivity index (χ0) is 16.3. The van der Waals surface area contributed by atoms with E-state index in [1.54, 1.807) is 4.90 Å². The van der Waals surface area contributed by atoms with Gasteiger partial charge < -0.3 is 20.1 Å². The lowest BCUT2D eigenvalue weighted by Crippen LogP contribution is -2.58. The Kier molecular flexibility index (Phi) is 5.28. The number of carboxylic acid groups (broad SMARTS) is 1. The van der Waals surface area contributed by atoms with E-state index in [0.29, 0.717) is 13.0 Å². The summed E-state index contributed by atoms with van der Waals surface area (Å²) in [7, 11) is 0. The van der Waals surface area contributed by atoms with Crippen molar-refractivity contribution in [2.45, 2.75) is 38.8 Å². The highest BCUT2D eigenvalue weighted by Gasteiger charge is 2.38. The molecule has 2 aliphatic rings. The zero-order valence-corrected chi connectivity index (χ0v) is 13.7. The molecule has 2 rings (SSSR count). The number of hydrogen-bond acceptors (Lipinski definition) is 5. The summed E-state index contributed by atoms with van der Waals surface area (Å²) in [5.41, 5.74) is -0.572. The van der Waals surface area contributed by atoms with Crippen LogP contribution in [0.5, 0.6) is 0 Å². The molecule has 0 bridgehead atoms. The minimum Gasteiger partial charge on any atom is -0.481 e. The molecule has 2 N–H and O–H groups in total. The number of amides is 1. The van der Waals surface area contributed by atoms with Crippen molar-refractivity contribution in [3.63, 3.8) is 0 Å². The molecule has 7 heteroatoms. The standard InChI is InChI=1S/C15H27N3O4/c1-15(2,3)22-14(21)18-9-11(13(19)20)8-12(10-18)17-6-4-16-5-7-17/h11-12,16H,4-10H2,1-3H3,(H,19,20)/t11-,12+/m1/s1. The molecule has 2 fully saturated rings. The fourth-order valence-electron chi connectivity index (χ4n) is 3.04. The predicted molar refractivity (Wildman–Crippen MR) is 81.8 cm³/mol. The van der Waals surface area contributed by atoms with E-state index in [4.69, 9.17) is 4.74 Å². The van der Waals surface area contributed by atoms with Crippen LogP contribution in [0.3, 0.4) is 0 Å². The number of nitrogens with one attached hydrogen (secondary N) is 1. The van der Waals surface area contributed by atoms with Crippen LogP contribution in [0.25, 0.3) is 0 Å². The predicted octanol–water partition coefficient (Wildman–Crippen LogP) is 0.602. The van der Waals surface area contributed by atoms with Gasteiger partial charge in [0.25, 0.3) is 0 Å². The lowest BCUT2D eigenvalue weighted by Gasteiger charge is -2.43. The smallest absolute Gasteiger partial charge is 0.410 e. The molecule has 0 aliphatic carbocycles. The molecular weight excluding hydrogens is 286 g/mol. The highest BCUT2D eigenvalue weighted by atomic mass is 16.6. The summed E-state index contributed by atoms with van der Waals surface area (Å²) in [4.78, 5) is 27.6. The third-order valence-electron chi connectivity index (χ3n) is 4.10. The lowest BCUT2D eigenvalue weighted by atomic mass is 9.93. The van der Waals surface area contributed by atoms with Crippen LogP contribution in [0.2, 0.25) is 0 Å². The Labute approximate surface area is 131 Å². The van der Waals surface area contributed by atoms with Gasteiger partial charge >= 0.3 is 12.1 Å². The van der Waals surface area contributed by atoms with Crippen molar-refractivity contribution in [3.05, 3.63) is 0 Å². The first-order chi connectivity index (χ1) is 10.3.